The lowest BCUT2D eigenvalue weighted by Gasteiger charge is -2.51. The van der Waals surface area contributed by atoms with Crippen LogP contribution in [0, 0.1) is 40.9 Å². The third-order valence-electron chi connectivity index (χ3n) is 15.7. The van der Waals surface area contributed by atoms with Crippen molar-refractivity contribution < 1.29 is 0 Å². The Hall–Kier alpha value is -0.0800. The molecule has 0 spiro atoms. The summed E-state index contributed by atoms with van der Waals surface area (Å²) in [5.74, 6) is 5.92. The van der Waals surface area contributed by atoms with Crippen molar-refractivity contribution in [1.29, 1.82) is 0 Å². The maximum atomic E-state index is 3.26. The van der Waals surface area contributed by atoms with Crippen LogP contribution in [0.25, 0.3) is 0 Å². The first kappa shape index (κ1) is 31.5. The zero-order valence-electron chi connectivity index (χ0n) is 29.3. The van der Waals surface area contributed by atoms with Gasteiger partial charge in [-0.2, -0.15) is 0 Å². The first-order valence-corrected chi connectivity index (χ1v) is 20.4. The van der Waals surface area contributed by atoms with Crippen LogP contribution in [0.15, 0.2) is 0 Å². The largest absolute Gasteiger partial charge is 0.294 e. The van der Waals surface area contributed by atoms with E-state index in [1.54, 1.807) is 25.7 Å². The molecule has 246 valence electrons. The normalized spacial score (nSPS) is 44.8. The Labute approximate surface area is 268 Å². The summed E-state index contributed by atoms with van der Waals surface area (Å²) in [6, 6.07) is 5.38. The predicted octanol–water partition coefficient (Wildman–Crippen LogP) is 11.0. The van der Waals surface area contributed by atoms with Crippen molar-refractivity contribution in [3.8, 4) is 0 Å². The molecule has 10 unspecified atom stereocenters. The van der Waals surface area contributed by atoms with Crippen LogP contribution in [0.4, 0.5) is 0 Å². The number of fused-ring (bicyclic) bond motifs is 3. The van der Waals surface area contributed by atoms with E-state index in [2.05, 4.69) is 37.5 Å². The van der Waals surface area contributed by atoms with Crippen LogP contribution < -0.4 is 0 Å². The van der Waals surface area contributed by atoms with E-state index in [1.165, 1.54) is 128 Å². The first-order valence-electron chi connectivity index (χ1n) is 20.4. The molecule has 0 amide bonds. The van der Waals surface area contributed by atoms with Crippen molar-refractivity contribution >= 4 is 0 Å². The molecule has 7 rings (SSSR count). The van der Waals surface area contributed by atoms with Gasteiger partial charge in [0.05, 0.1) is 0 Å². The van der Waals surface area contributed by atoms with Gasteiger partial charge in [0.25, 0.3) is 0 Å². The van der Waals surface area contributed by atoms with Crippen molar-refractivity contribution in [1.82, 2.24) is 9.80 Å². The summed E-state index contributed by atoms with van der Waals surface area (Å²) in [6.07, 6.45) is 36.2. The van der Waals surface area contributed by atoms with Crippen molar-refractivity contribution in [3.05, 3.63) is 0 Å². The molecule has 7 aliphatic carbocycles. The minimum atomic E-state index is 0.531. The summed E-state index contributed by atoms with van der Waals surface area (Å²) in [5.41, 5.74) is 0.531. The zero-order chi connectivity index (χ0) is 29.6. The number of hydrogen-bond acceptors (Lipinski definition) is 2. The highest BCUT2D eigenvalue weighted by atomic mass is 15.2. The molecule has 0 radical (unpaired) electrons. The van der Waals surface area contributed by atoms with Crippen LogP contribution in [0.1, 0.15) is 182 Å². The molecule has 0 aromatic carbocycles. The van der Waals surface area contributed by atoms with Gasteiger partial charge in [-0.25, -0.2) is 0 Å². The van der Waals surface area contributed by atoms with E-state index in [4.69, 9.17) is 0 Å². The molecule has 7 fully saturated rings. The standard InChI is InChI=1S/C41H72N2/c1-29-13-11-19-33(25-29)42(31-15-7-5-8-16-31)35-21-23-37-38-24-22-36(28-40(38)41(3,4)39(37)27-35)43(32-17-9-6-10-18-32)34-20-12-14-30(2)26-34/h29-40H,5-28H2,1-4H3. The first-order chi connectivity index (χ1) is 20.9. The summed E-state index contributed by atoms with van der Waals surface area (Å²) >= 11 is 0. The highest BCUT2D eigenvalue weighted by molar-refractivity contribution is 5.09. The Morgan fingerprint density at radius 2 is 0.744 bits per heavy atom. The molecule has 2 nitrogen and oxygen atoms in total. The Morgan fingerprint density at radius 1 is 0.372 bits per heavy atom. The second kappa shape index (κ2) is 13.6. The van der Waals surface area contributed by atoms with Crippen LogP contribution in [0.2, 0.25) is 0 Å². The molecule has 0 aromatic rings. The van der Waals surface area contributed by atoms with Gasteiger partial charge in [-0.15, -0.1) is 0 Å². The summed E-state index contributed by atoms with van der Waals surface area (Å²) in [4.78, 5) is 6.53. The number of rotatable bonds is 6. The van der Waals surface area contributed by atoms with Crippen molar-refractivity contribution in [2.75, 3.05) is 0 Å². The SMILES string of the molecule is CC1CCCC(N(C2CCCCC2)C2CCC3C4CCC(N(C5CCCCC5)C5CCCC(C)C5)CC4C(C)(C)C3C2)C1. The molecule has 2 heteroatoms. The molecule has 0 heterocycles. The van der Waals surface area contributed by atoms with Gasteiger partial charge in [0.2, 0.25) is 0 Å². The average molecular weight is 593 g/mol. The van der Waals surface area contributed by atoms with Crippen molar-refractivity contribution in [3.63, 3.8) is 0 Å². The van der Waals surface area contributed by atoms with Crippen LogP contribution >= 0.6 is 0 Å². The van der Waals surface area contributed by atoms with Crippen LogP contribution in [-0.2, 0) is 0 Å². The van der Waals surface area contributed by atoms with Gasteiger partial charge < -0.3 is 0 Å². The lowest BCUT2D eigenvalue weighted by atomic mass is 9.66. The molecule has 10 atom stereocenters. The van der Waals surface area contributed by atoms with Gasteiger partial charge in [-0.05, 0) is 131 Å². The van der Waals surface area contributed by atoms with Crippen LogP contribution in [0.3, 0.4) is 0 Å². The minimum absolute atomic E-state index is 0.531. The van der Waals surface area contributed by atoms with E-state index in [0.717, 1.165) is 71.8 Å². The average Bonchev–Trinajstić information content (AvgIpc) is 3.24. The van der Waals surface area contributed by atoms with Crippen LogP contribution in [0.5, 0.6) is 0 Å². The van der Waals surface area contributed by atoms with E-state index >= 15 is 0 Å². The third-order valence-corrected chi connectivity index (χ3v) is 15.7. The van der Waals surface area contributed by atoms with E-state index in [0.29, 0.717) is 5.41 Å². The maximum absolute atomic E-state index is 3.26. The quantitative estimate of drug-likeness (QED) is 0.303. The number of nitrogens with zero attached hydrogens (tertiary/aromatic N) is 2. The highest BCUT2D eigenvalue weighted by Gasteiger charge is 2.59. The Balaban J connectivity index is 1.09. The van der Waals surface area contributed by atoms with E-state index < -0.39 is 0 Å². The molecular formula is C41H72N2. The lowest BCUT2D eigenvalue weighted by molar-refractivity contribution is -0.0196. The topological polar surface area (TPSA) is 6.48 Å². The Morgan fingerprint density at radius 3 is 1.14 bits per heavy atom. The monoisotopic (exact) mass is 593 g/mol. The van der Waals surface area contributed by atoms with E-state index in [1.807, 2.05) is 0 Å². The summed E-state index contributed by atoms with van der Waals surface area (Å²) in [6.45, 7) is 10.7. The van der Waals surface area contributed by atoms with E-state index in [-0.39, 0.29) is 0 Å². The van der Waals surface area contributed by atoms with Gasteiger partial charge >= 0.3 is 0 Å². The molecule has 7 saturated carbocycles. The van der Waals surface area contributed by atoms with Crippen molar-refractivity contribution in [2.24, 2.45) is 40.9 Å². The molecule has 0 N–H and O–H groups in total. The predicted molar refractivity (Wildman–Crippen MR) is 183 cm³/mol. The smallest absolute Gasteiger partial charge is 0.0104 e. The summed E-state index contributed by atoms with van der Waals surface area (Å²) < 4.78 is 0. The fourth-order valence-corrected chi connectivity index (χ4v) is 13.8. The molecule has 0 aliphatic heterocycles. The van der Waals surface area contributed by atoms with Gasteiger partial charge in [0.15, 0.2) is 0 Å². The molecule has 0 bridgehead atoms. The molecular weight excluding hydrogens is 520 g/mol. The molecule has 0 saturated heterocycles. The van der Waals surface area contributed by atoms with Gasteiger partial charge in [0.1, 0.15) is 0 Å². The third kappa shape index (κ3) is 6.43. The van der Waals surface area contributed by atoms with Crippen molar-refractivity contribution in [2.45, 2.75) is 218 Å². The maximum Gasteiger partial charge on any atom is 0.0104 e. The Kier molecular flexibility index (Phi) is 9.95. The molecule has 7 aliphatic rings. The fraction of sp³-hybridized carbons (Fsp3) is 1.00. The van der Waals surface area contributed by atoms with Gasteiger partial charge in [-0.3, -0.25) is 9.80 Å². The fourth-order valence-electron chi connectivity index (χ4n) is 13.8. The van der Waals surface area contributed by atoms with Gasteiger partial charge in [0, 0.05) is 36.3 Å². The van der Waals surface area contributed by atoms with Crippen LogP contribution in [-0.4, -0.2) is 46.1 Å². The van der Waals surface area contributed by atoms with Gasteiger partial charge in [-0.1, -0.05) is 91.9 Å². The second-order valence-corrected chi connectivity index (χ2v) is 18.6. The summed E-state index contributed by atoms with van der Waals surface area (Å²) in [7, 11) is 0. The summed E-state index contributed by atoms with van der Waals surface area (Å²) in [5, 5.41) is 0. The zero-order valence-corrected chi connectivity index (χ0v) is 29.3. The highest BCUT2D eigenvalue weighted by Crippen LogP contribution is 2.64. The second-order valence-electron chi connectivity index (χ2n) is 18.6. The lowest BCUT2D eigenvalue weighted by Crippen LogP contribution is -2.54. The Bertz CT molecular complexity index is 814. The minimum Gasteiger partial charge on any atom is -0.294 e. The van der Waals surface area contributed by atoms with E-state index in [9.17, 15) is 0 Å². The molecule has 43 heavy (non-hydrogen) atoms. The number of hydrogen-bond donors (Lipinski definition) is 0. The molecule has 0 aromatic heterocycles.